The zero-order valence-electron chi connectivity index (χ0n) is 12.4. The summed E-state index contributed by atoms with van der Waals surface area (Å²) in [5.41, 5.74) is 1.06. The first-order chi connectivity index (χ1) is 10.3. The fourth-order valence-electron chi connectivity index (χ4n) is 2.44. The fourth-order valence-corrected chi connectivity index (χ4v) is 3.27. The Labute approximate surface area is 127 Å². The molecule has 0 radical (unpaired) electrons. The molecule has 1 aliphatic heterocycles. The first-order valence-corrected chi connectivity index (χ1v) is 8.15. The van der Waals surface area contributed by atoms with E-state index in [0.29, 0.717) is 0 Å². The lowest BCUT2D eigenvalue weighted by Crippen LogP contribution is -2.38. The number of hydrogen-bond donors (Lipinski definition) is 0. The van der Waals surface area contributed by atoms with Crippen molar-refractivity contribution in [3.63, 3.8) is 0 Å². The van der Waals surface area contributed by atoms with Gasteiger partial charge in [0.2, 0.25) is 0 Å². The van der Waals surface area contributed by atoms with E-state index in [1.165, 1.54) is 0 Å². The lowest BCUT2D eigenvalue weighted by atomic mass is 10.2. The highest BCUT2D eigenvalue weighted by molar-refractivity contribution is 7.09. The minimum atomic E-state index is 0.0629. The highest BCUT2D eigenvalue weighted by Crippen LogP contribution is 2.25. The van der Waals surface area contributed by atoms with Gasteiger partial charge in [-0.25, -0.2) is 9.67 Å². The summed E-state index contributed by atoms with van der Waals surface area (Å²) in [6.07, 6.45) is 1.09. The molecule has 1 aliphatic rings. The van der Waals surface area contributed by atoms with Gasteiger partial charge in [0.1, 0.15) is 11.1 Å². The van der Waals surface area contributed by atoms with E-state index in [0.717, 1.165) is 55.7 Å². The molecule has 1 fully saturated rings. The summed E-state index contributed by atoms with van der Waals surface area (Å²) in [5, 5.41) is 15.1. The zero-order chi connectivity index (χ0) is 14.7. The molecule has 1 atom stereocenters. The van der Waals surface area contributed by atoms with E-state index in [4.69, 9.17) is 4.74 Å². The molecule has 3 rings (SSSR count). The molecule has 0 spiro atoms. The Hall–Kier alpha value is -1.38. The third kappa shape index (κ3) is 3.45. The van der Waals surface area contributed by atoms with Crippen LogP contribution in [0, 0.1) is 6.92 Å². The Morgan fingerprint density at radius 1 is 1.48 bits per heavy atom. The Balaban J connectivity index is 1.64. The van der Waals surface area contributed by atoms with Gasteiger partial charge in [-0.05, 0) is 23.8 Å². The number of morpholine rings is 1. The minimum absolute atomic E-state index is 0.0629. The summed E-state index contributed by atoms with van der Waals surface area (Å²) >= 11 is 1.67. The van der Waals surface area contributed by atoms with E-state index < -0.39 is 0 Å². The predicted octanol–water partition coefficient (Wildman–Crippen LogP) is 1.42. The maximum absolute atomic E-state index is 5.85. The number of nitrogens with zero attached hydrogens (tertiary/aromatic N) is 6. The molecule has 3 heterocycles. The molecule has 2 aromatic heterocycles. The topological polar surface area (TPSA) is 69.0 Å². The molecular formula is C13H20N6OS. The van der Waals surface area contributed by atoms with Crippen molar-refractivity contribution in [3.05, 3.63) is 21.9 Å². The minimum Gasteiger partial charge on any atom is -0.368 e. The third-order valence-electron chi connectivity index (χ3n) is 3.47. The SMILES string of the molecule is CCCn1nnnc1CN1CCO[C@H](c2nc(C)cs2)C1. The van der Waals surface area contributed by atoms with E-state index in [2.05, 4.69) is 37.7 Å². The first kappa shape index (κ1) is 14.6. The maximum Gasteiger partial charge on any atom is 0.165 e. The maximum atomic E-state index is 5.85. The van der Waals surface area contributed by atoms with Crippen molar-refractivity contribution >= 4 is 11.3 Å². The molecule has 21 heavy (non-hydrogen) atoms. The van der Waals surface area contributed by atoms with Crippen LogP contribution in [-0.2, 0) is 17.8 Å². The van der Waals surface area contributed by atoms with Crippen LogP contribution in [0.5, 0.6) is 0 Å². The predicted molar refractivity (Wildman–Crippen MR) is 78.9 cm³/mol. The molecule has 2 aromatic rings. The highest BCUT2D eigenvalue weighted by Gasteiger charge is 2.25. The van der Waals surface area contributed by atoms with Gasteiger partial charge in [0.15, 0.2) is 5.82 Å². The van der Waals surface area contributed by atoms with E-state index in [1.807, 2.05) is 11.6 Å². The average Bonchev–Trinajstić information content (AvgIpc) is 3.10. The summed E-state index contributed by atoms with van der Waals surface area (Å²) in [5.74, 6) is 0.924. The van der Waals surface area contributed by atoms with E-state index in [-0.39, 0.29) is 6.10 Å². The second-order valence-corrected chi connectivity index (χ2v) is 6.13. The van der Waals surface area contributed by atoms with E-state index >= 15 is 0 Å². The summed E-state index contributed by atoms with van der Waals surface area (Å²) in [4.78, 5) is 6.87. The van der Waals surface area contributed by atoms with Crippen LogP contribution in [0.3, 0.4) is 0 Å². The lowest BCUT2D eigenvalue weighted by molar-refractivity contribution is -0.0341. The number of rotatable bonds is 5. The van der Waals surface area contributed by atoms with Gasteiger partial charge in [0, 0.05) is 30.7 Å². The number of ether oxygens (including phenoxy) is 1. The van der Waals surface area contributed by atoms with Crippen LogP contribution in [0.2, 0.25) is 0 Å². The van der Waals surface area contributed by atoms with Crippen molar-refractivity contribution in [2.45, 2.75) is 39.5 Å². The number of aryl methyl sites for hydroxylation is 2. The molecular weight excluding hydrogens is 288 g/mol. The number of hydrogen-bond acceptors (Lipinski definition) is 7. The van der Waals surface area contributed by atoms with Gasteiger partial charge in [-0.15, -0.1) is 16.4 Å². The van der Waals surface area contributed by atoms with Crippen LogP contribution in [0.25, 0.3) is 0 Å². The summed E-state index contributed by atoms with van der Waals surface area (Å²) < 4.78 is 7.74. The Kier molecular flexibility index (Phi) is 4.57. The standard InChI is InChI=1S/C13H20N6OS/c1-3-4-19-12(15-16-17-19)8-18-5-6-20-11(7-18)13-14-10(2)9-21-13/h9,11H,3-8H2,1-2H3/t11-/m0/s1. The number of tetrazole rings is 1. The number of thiazole rings is 1. The molecule has 0 aliphatic carbocycles. The molecule has 8 heteroatoms. The largest absolute Gasteiger partial charge is 0.368 e. The normalized spacial score (nSPS) is 20.0. The molecule has 0 N–H and O–H groups in total. The number of aromatic nitrogens is 5. The molecule has 0 saturated carbocycles. The van der Waals surface area contributed by atoms with Crippen molar-refractivity contribution in [1.29, 1.82) is 0 Å². The van der Waals surface area contributed by atoms with Gasteiger partial charge in [0.25, 0.3) is 0 Å². The highest BCUT2D eigenvalue weighted by atomic mass is 32.1. The molecule has 114 valence electrons. The van der Waals surface area contributed by atoms with Crippen LogP contribution in [0.4, 0.5) is 0 Å². The zero-order valence-corrected chi connectivity index (χ0v) is 13.2. The molecule has 0 bridgehead atoms. The van der Waals surface area contributed by atoms with E-state index in [9.17, 15) is 0 Å². The average molecular weight is 308 g/mol. The smallest absolute Gasteiger partial charge is 0.165 e. The van der Waals surface area contributed by atoms with Gasteiger partial charge in [0.05, 0.1) is 13.2 Å². The summed E-state index contributed by atoms with van der Waals surface area (Å²) in [7, 11) is 0. The molecule has 0 aromatic carbocycles. The van der Waals surface area contributed by atoms with Crippen molar-refractivity contribution in [2.75, 3.05) is 19.7 Å². The van der Waals surface area contributed by atoms with Gasteiger partial charge < -0.3 is 4.74 Å². The van der Waals surface area contributed by atoms with Gasteiger partial charge in [-0.3, -0.25) is 4.90 Å². The summed E-state index contributed by atoms with van der Waals surface area (Å²) in [6.45, 7) is 8.23. The van der Waals surface area contributed by atoms with Crippen LogP contribution >= 0.6 is 11.3 Å². The summed E-state index contributed by atoms with van der Waals surface area (Å²) in [6, 6.07) is 0. The third-order valence-corrected chi connectivity index (χ3v) is 4.52. The second kappa shape index (κ2) is 6.59. The van der Waals surface area contributed by atoms with Gasteiger partial charge >= 0.3 is 0 Å². The Morgan fingerprint density at radius 2 is 2.38 bits per heavy atom. The van der Waals surface area contributed by atoms with Crippen LogP contribution in [-0.4, -0.2) is 49.8 Å². The van der Waals surface area contributed by atoms with Crippen LogP contribution in [0.15, 0.2) is 5.38 Å². The molecule has 0 unspecified atom stereocenters. The molecule has 0 amide bonds. The quantitative estimate of drug-likeness (QED) is 0.832. The molecule has 7 nitrogen and oxygen atoms in total. The fraction of sp³-hybridized carbons (Fsp3) is 0.692. The van der Waals surface area contributed by atoms with Crippen LogP contribution in [0.1, 0.15) is 36.0 Å². The van der Waals surface area contributed by atoms with Gasteiger partial charge in [-0.1, -0.05) is 6.92 Å². The van der Waals surface area contributed by atoms with Crippen molar-refractivity contribution < 1.29 is 4.74 Å². The Morgan fingerprint density at radius 3 is 3.14 bits per heavy atom. The monoisotopic (exact) mass is 308 g/mol. The van der Waals surface area contributed by atoms with Crippen LogP contribution < -0.4 is 0 Å². The van der Waals surface area contributed by atoms with Crippen molar-refractivity contribution in [1.82, 2.24) is 30.1 Å². The van der Waals surface area contributed by atoms with Crippen molar-refractivity contribution in [2.24, 2.45) is 0 Å². The van der Waals surface area contributed by atoms with E-state index in [1.54, 1.807) is 11.3 Å². The Bertz CT molecular complexity index is 583. The van der Waals surface area contributed by atoms with Gasteiger partial charge in [-0.2, -0.15) is 0 Å². The lowest BCUT2D eigenvalue weighted by Gasteiger charge is -2.31. The van der Waals surface area contributed by atoms with Crippen molar-refractivity contribution in [3.8, 4) is 0 Å². The second-order valence-electron chi connectivity index (χ2n) is 5.24. The first-order valence-electron chi connectivity index (χ1n) is 7.27. The molecule has 1 saturated heterocycles.